The fraction of sp³-hybridized carbons (Fsp3) is 0.391. The molecule has 0 aliphatic carbocycles. The molecular weight excluding hydrogens is 446 g/mol. The second-order valence-corrected chi connectivity index (χ2v) is 11.0. The lowest BCUT2D eigenvalue weighted by Crippen LogP contribution is -2.48. The second kappa shape index (κ2) is 9.87. The van der Waals surface area contributed by atoms with E-state index in [-0.39, 0.29) is 23.8 Å². The number of amides is 1. The highest BCUT2D eigenvalue weighted by Gasteiger charge is 2.24. The van der Waals surface area contributed by atoms with Gasteiger partial charge in [-0.3, -0.25) is 4.79 Å². The topological polar surface area (TPSA) is 79.8 Å². The number of sulfone groups is 1. The Morgan fingerprint density at radius 2 is 1.81 bits per heavy atom. The van der Waals surface area contributed by atoms with Crippen LogP contribution in [0.1, 0.15) is 18.4 Å². The highest BCUT2D eigenvalue weighted by molar-refractivity contribution is 7.90. The van der Waals surface area contributed by atoms with Crippen molar-refractivity contribution in [3.05, 3.63) is 54.1 Å². The molecule has 2 aromatic carbocycles. The molecule has 7 nitrogen and oxygen atoms in total. The summed E-state index contributed by atoms with van der Waals surface area (Å²) >= 11 is 1.62. The van der Waals surface area contributed by atoms with Crippen LogP contribution < -0.4 is 9.64 Å². The van der Waals surface area contributed by atoms with Crippen molar-refractivity contribution >= 4 is 42.4 Å². The van der Waals surface area contributed by atoms with Gasteiger partial charge >= 0.3 is 0 Å². The first-order valence-corrected chi connectivity index (χ1v) is 13.3. The van der Waals surface area contributed by atoms with Crippen molar-refractivity contribution < 1.29 is 17.9 Å². The Balaban J connectivity index is 1.26. The molecule has 1 aliphatic rings. The molecule has 1 aliphatic heterocycles. The maximum Gasteiger partial charge on any atom is 0.222 e. The number of carbonyl (C=O) groups is 1. The third-order valence-corrected chi connectivity index (χ3v) is 8.33. The highest BCUT2D eigenvalue weighted by atomic mass is 32.2. The number of fused-ring (bicyclic) bond motifs is 1. The maximum atomic E-state index is 12.6. The summed E-state index contributed by atoms with van der Waals surface area (Å²) in [6, 6.07) is 15.0. The molecule has 0 N–H and O–H groups in total. The van der Waals surface area contributed by atoms with E-state index in [4.69, 9.17) is 9.72 Å². The molecule has 0 radical (unpaired) electrons. The Kier molecular flexibility index (Phi) is 6.95. The van der Waals surface area contributed by atoms with E-state index in [0.29, 0.717) is 32.6 Å². The predicted octanol–water partition coefficient (Wildman–Crippen LogP) is 3.35. The van der Waals surface area contributed by atoms with Crippen LogP contribution in [0.4, 0.5) is 5.13 Å². The van der Waals surface area contributed by atoms with Gasteiger partial charge in [-0.25, -0.2) is 13.4 Å². The van der Waals surface area contributed by atoms with Crippen LogP contribution in [-0.4, -0.2) is 63.3 Å². The lowest BCUT2D eigenvalue weighted by Gasteiger charge is -2.34. The Labute approximate surface area is 192 Å². The molecule has 1 fully saturated rings. The number of hydrogen-bond acceptors (Lipinski definition) is 7. The molecule has 1 aromatic heterocycles. The van der Waals surface area contributed by atoms with Crippen molar-refractivity contribution in [2.75, 3.05) is 43.9 Å². The predicted molar refractivity (Wildman–Crippen MR) is 128 cm³/mol. The zero-order valence-corrected chi connectivity index (χ0v) is 19.7. The Morgan fingerprint density at radius 1 is 1.06 bits per heavy atom. The van der Waals surface area contributed by atoms with Crippen LogP contribution in [0.3, 0.4) is 0 Å². The van der Waals surface area contributed by atoms with Gasteiger partial charge in [0.1, 0.15) is 11.3 Å². The van der Waals surface area contributed by atoms with Gasteiger partial charge in [-0.2, -0.15) is 0 Å². The molecule has 0 saturated carbocycles. The summed E-state index contributed by atoms with van der Waals surface area (Å²) in [5.74, 6) is 0.834. The third-order valence-electron chi connectivity index (χ3n) is 5.57. The average Bonchev–Trinajstić information content (AvgIpc) is 3.24. The first kappa shape index (κ1) is 22.5. The fourth-order valence-corrected chi connectivity index (χ4v) is 6.32. The molecule has 32 heavy (non-hydrogen) atoms. The summed E-state index contributed by atoms with van der Waals surface area (Å²) in [6.45, 7) is 2.64. The van der Waals surface area contributed by atoms with Gasteiger partial charge in [-0.15, -0.1) is 0 Å². The molecule has 0 bridgehead atoms. The zero-order chi connectivity index (χ0) is 22.6. The number of hydrogen-bond donors (Lipinski definition) is 0. The number of nitrogens with zero attached hydrogens (tertiary/aromatic N) is 3. The standard InChI is InChI=1S/C23H27N3O4S2/c1-30-19-9-5-10-20-22(19)24-23(31-20)26-14-12-25(13-15-26)21(27)11-6-16-32(28,29)17-18-7-3-2-4-8-18/h2-5,7-10H,6,11-17H2,1H3. The van der Waals surface area contributed by atoms with Crippen molar-refractivity contribution in [1.82, 2.24) is 9.88 Å². The van der Waals surface area contributed by atoms with E-state index in [1.807, 2.05) is 53.4 Å². The van der Waals surface area contributed by atoms with Crippen LogP contribution in [0.15, 0.2) is 48.5 Å². The zero-order valence-electron chi connectivity index (χ0n) is 18.1. The molecule has 0 unspecified atom stereocenters. The van der Waals surface area contributed by atoms with E-state index >= 15 is 0 Å². The number of aromatic nitrogens is 1. The van der Waals surface area contributed by atoms with Gasteiger partial charge in [-0.1, -0.05) is 47.7 Å². The molecule has 4 rings (SSSR count). The van der Waals surface area contributed by atoms with E-state index in [0.717, 1.165) is 26.7 Å². The van der Waals surface area contributed by atoms with Crippen LogP contribution in [0, 0.1) is 0 Å². The molecule has 9 heteroatoms. The minimum atomic E-state index is -3.22. The summed E-state index contributed by atoms with van der Waals surface area (Å²) < 4.78 is 31.1. The largest absolute Gasteiger partial charge is 0.494 e. The van der Waals surface area contributed by atoms with Gasteiger partial charge in [0.15, 0.2) is 15.0 Å². The molecule has 0 atom stereocenters. The number of piperazine rings is 1. The fourth-order valence-electron chi connectivity index (χ4n) is 3.86. The summed E-state index contributed by atoms with van der Waals surface area (Å²) in [4.78, 5) is 21.4. The summed E-state index contributed by atoms with van der Waals surface area (Å²) in [6.07, 6.45) is 0.609. The lowest BCUT2D eigenvalue weighted by atomic mass is 10.2. The smallest absolute Gasteiger partial charge is 0.222 e. The normalized spacial score (nSPS) is 14.7. The van der Waals surface area contributed by atoms with Crippen LogP contribution in [-0.2, 0) is 20.4 Å². The van der Waals surface area contributed by atoms with E-state index in [1.165, 1.54) is 0 Å². The lowest BCUT2D eigenvalue weighted by molar-refractivity contribution is -0.131. The van der Waals surface area contributed by atoms with E-state index < -0.39 is 9.84 Å². The van der Waals surface area contributed by atoms with Crippen molar-refractivity contribution in [1.29, 1.82) is 0 Å². The number of carbonyl (C=O) groups excluding carboxylic acids is 1. The number of methoxy groups -OCH3 is 1. The number of anilines is 1. The van der Waals surface area contributed by atoms with Crippen LogP contribution in [0.2, 0.25) is 0 Å². The minimum Gasteiger partial charge on any atom is -0.494 e. The maximum absolute atomic E-state index is 12.6. The quantitative estimate of drug-likeness (QED) is 0.499. The van der Waals surface area contributed by atoms with Crippen molar-refractivity contribution in [3.63, 3.8) is 0 Å². The third kappa shape index (κ3) is 5.39. The molecule has 0 spiro atoms. The van der Waals surface area contributed by atoms with E-state index in [9.17, 15) is 13.2 Å². The molecule has 2 heterocycles. The number of ether oxygens (including phenoxy) is 1. The number of para-hydroxylation sites is 1. The van der Waals surface area contributed by atoms with Crippen LogP contribution in [0.25, 0.3) is 10.2 Å². The Hall–Kier alpha value is -2.65. The van der Waals surface area contributed by atoms with E-state index in [2.05, 4.69) is 4.90 Å². The van der Waals surface area contributed by atoms with Gasteiger partial charge in [0.05, 0.1) is 23.3 Å². The molecule has 170 valence electrons. The van der Waals surface area contributed by atoms with Crippen LogP contribution >= 0.6 is 11.3 Å². The number of rotatable bonds is 8. The van der Waals surface area contributed by atoms with Crippen LogP contribution in [0.5, 0.6) is 5.75 Å². The molecule has 1 saturated heterocycles. The average molecular weight is 474 g/mol. The van der Waals surface area contributed by atoms with Crippen molar-refractivity contribution in [2.45, 2.75) is 18.6 Å². The molecule has 3 aromatic rings. The Morgan fingerprint density at radius 3 is 2.53 bits per heavy atom. The Bertz CT molecular complexity index is 1170. The minimum absolute atomic E-state index is 0.0190. The first-order valence-electron chi connectivity index (χ1n) is 10.7. The van der Waals surface area contributed by atoms with Gasteiger partial charge in [0.2, 0.25) is 5.91 Å². The molecular formula is C23H27N3O4S2. The summed E-state index contributed by atoms with van der Waals surface area (Å²) in [5, 5.41) is 0.934. The number of thiazole rings is 1. The van der Waals surface area contributed by atoms with Gasteiger partial charge in [-0.05, 0) is 24.1 Å². The first-order chi connectivity index (χ1) is 15.4. The van der Waals surface area contributed by atoms with Gasteiger partial charge in [0.25, 0.3) is 0 Å². The highest BCUT2D eigenvalue weighted by Crippen LogP contribution is 2.34. The summed E-state index contributed by atoms with van der Waals surface area (Å²) in [7, 11) is -1.58. The van der Waals surface area contributed by atoms with E-state index in [1.54, 1.807) is 18.4 Å². The van der Waals surface area contributed by atoms with Crippen molar-refractivity contribution in [3.8, 4) is 5.75 Å². The van der Waals surface area contributed by atoms with Crippen molar-refractivity contribution in [2.24, 2.45) is 0 Å². The monoisotopic (exact) mass is 473 g/mol. The number of benzene rings is 2. The molecule has 1 amide bonds. The SMILES string of the molecule is COc1cccc2sc(N3CCN(C(=O)CCCS(=O)(=O)Cc4ccccc4)CC3)nc12. The summed E-state index contributed by atoms with van der Waals surface area (Å²) in [5.41, 5.74) is 1.65. The van der Waals surface area contributed by atoms with Gasteiger partial charge in [0, 0.05) is 32.6 Å². The van der Waals surface area contributed by atoms with Gasteiger partial charge < -0.3 is 14.5 Å². The second-order valence-electron chi connectivity index (χ2n) is 7.85.